The van der Waals surface area contributed by atoms with Gasteiger partial charge in [-0.3, -0.25) is 4.79 Å². The Labute approximate surface area is 127 Å². The van der Waals surface area contributed by atoms with E-state index in [4.69, 9.17) is 0 Å². The van der Waals surface area contributed by atoms with Crippen LogP contribution in [0.25, 0.3) is 0 Å². The summed E-state index contributed by atoms with van der Waals surface area (Å²) < 4.78 is 0. The minimum absolute atomic E-state index is 0.251. The maximum absolute atomic E-state index is 12.9. The molecule has 0 saturated heterocycles. The maximum Gasteiger partial charge on any atom is 0.173 e. The van der Waals surface area contributed by atoms with Crippen molar-refractivity contribution in [2.75, 3.05) is 0 Å². The van der Waals surface area contributed by atoms with Gasteiger partial charge in [-0.05, 0) is 36.3 Å². The first-order chi connectivity index (χ1) is 10.2. The van der Waals surface area contributed by atoms with Crippen LogP contribution in [0.4, 0.5) is 0 Å². The van der Waals surface area contributed by atoms with E-state index in [1.54, 1.807) is 0 Å². The second kappa shape index (κ2) is 5.48. The fourth-order valence-electron chi connectivity index (χ4n) is 3.00. The van der Waals surface area contributed by atoms with Crippen LogP contribution in [0.5, 0.6) is 0 Å². The molecule has 2 aromatic carbocycles. The van der Waals surface area contributed by atoms with Gasteiger partial charge in [-0.2, -0.15) is 0 Å². The normalized spacial score (nSPS) is 17.2. The summed E-state index contributed by atoms with van der Waals surface area (Å²) >= 11 is 0. The predicted octanol–water partition coefficient (Wildman–Crippen LogP) is 5.11. The number of carbonyl (C=O) groups excluding carboxylic acids is 1. The summed E-state index contributed by atoms with van der Waals surface area (Å²) in [4.78, 5) is 12.9. The van der Waals surface area contributed by atoms with E-state index < -0.39 is 0 Å². The first kappa shape index (κ1) is 14.1. The number of rotatable bonds is 5. The number of carbonyl (C=O) groups is 1. The lowest BCUT2D eigenvalue weighted by molar-refractivity contribution is 0.0946. The Kier molecular flexibility index (Phi) is 3.67. The Hall–Kier alpha value is -1.89. The zero-order chi connectivity index (χ0) is 14.9. The molecular formula is C20H22O. The van der Waals surface area contributed by atoms with Crippen LogP contribution in [-0.4, -0.2) is 5.78 Å². The highest BCUT2D eigenvalue weighted by Gasteiger charge is 2.50. The lowest BCUT2D eigenvalue weighted by Crippen LogP contribution is -2.20. The number of ketones is 1. The first-order valence-corrected chi connectivity index (χ1v) is 7.87. The van der Waals surface area contributed by atoms with Gasteiger partial charge in [0.25, 0.3) is 0 Å². The molecule has 3 rings (SSSR count). The van der Waals surface area contributed by atoms with Gasteiger partial charge in [-0.15, -0.1) is 0 Å². The second-order valence-corrected chi connectivity index (χ2v) is 6.21. The van der Waals surface area contributed by atoms with E-state index in [0.717, 1.165) is 24.8 Å². The van der Waals surface area contributed by atoms with Crippen molar-refractivity contribution in [1.82, 2.24) is 0 Å². The minimum Gasteiger partial charge on any atom is -0.293 e. The van der Waals surface area contributed by atoms with Crippen LogP contribution in [0.3, 0.4) is 0 Å². The Morgan fingerprint density at radius 3 is 2.19 bits per heavy atom. The van der Waals surface area contributed by atoms with Gasteiger partial charge in [0.2, 0.25) is 0 Å². The average molecular weight is 278 g/mol. The van der Waals surface area contributed by atoms with E-state index in [1.807, 2.05) is 30.3 Å². The third-order valence-electron chi connectivity index (χ3n) is 4.87. The van der Waals surface area contributed by atoms with E-state index in [-0.39, 0.29) is 11.2 Å². The van der Waals surface area contributed by atoms with Crippen LogP contribution >= 0.6 is 0 Å². The standard InChI is InChI=1S/C20H22O/c1-3-15(2)16-9-11-17(12-10-16)19(21)20(13-14-20)18-7-5-4-6-8-18/h4-12,15H,3,13-14H2,1-2H3. The lowest BCUT2D eigenvalue weighted by Gasteiger charge is -2.15. The van der Waals surface area contributed by atoms with Crippen molar-refractivity contribution >= 4 is 5.78 Å². The fourth-order valence-corrected chi connectivity index (χ4v) is 3.00. The molecule has 1 aliphatic rings. The molecule has 0 heterocycles. The third-order valence-corrected chi connectivity index (χ3v) is 4.87. The Morgan fingerprint density at radius 1 is 1.05 bits per heavy atom. The van der Waals surface area contributed by atoms with E-state index in [0.29, 0.717) is 5.92 Å². The Balaban J connectivity index is 1.86. The average Bonchev–Trinajstić information content (AvgIpc) is 3.36. The molecule has 0 amide bonds. The molecule has 1 heteroatoms. The van der Waals surface area contributed by atoms with E-state index in [2.05, 4.69) is 38.1 Å². The van der Waals surface area contributed by atoms with Crippen LogP contribution < -0.4 is 0 Å². The molecule has 1 aliphatic carbocycles. The predicted molar refractivity (Wildman–Crippen MR) is 86.8 cm³/mol. The van der Waals surface area contributed by atoms with E-state index >= 15 is 0 Å². The number of benzene rings is 2. The lowest BCUT2D eigenvalue weighted by atomic mass is 9.86. The maximum atomic E-state index is 12.9. The van der Waals surface area contributed by atoms with E-state index in [9.17, 15) is 4.79 Å². The number of hydrogen-bond acceptors (Lipinski definition) is 1. The van der Waals surface area contributed by atoms with Gasteiger partial charge < -0.3 is 0 Å². The zero-order valence-electron chi connectivity index (χ0n) is 12.8. The van der Waals surface area contributed by atoms with Gasteiger partial charge >= 0.3 is 0 Å². The summed E-state index contributed by atoms with van der Waals surface area (Å²) in [6.45, 7) is 4.42. The van der Waals surface area contributed by atoms with Gasteiger partial charge in [-0.1, -0.05) is 68.4 Å². The Morgan fingerprint density at radius 2 is 1.67 bits per heavy atom. The van der Waals surface area contributed by atoms with Gasteiger partial charge in [0.05, 0.1) is 5.41 Å². The molecule has 0 spiro atoms. The van der Waals surface area contributed by atoms with Gasteiger partial charge in [0.1, 0.15) is 0 Å². The van der Waals surface area contributed by atoms with Crippen molar-refractivity contribution in [3.63, 3.8) is 0 Å². The molecule has 0 radical (unpaired) electrons. The summed E-state index contributed by atoms with van der Waals surface area (Å²) in [5, 5.41) is 0. The Bertz CT molecular complexity index is 621. The van der Waals surface area contributed by atoms with Crippen LogP contribution in [0.2, 0.25) is 0 Å². The number of Topliss-reactive ketones (excluding diaryl/α,β-unsaturated/α-hetero) is 1. The quantitative estimate of drug-likeness (QED) is 0.694. The fraction of sp³-hybridized carbons (Fsp3) is 0.350. The van der Waals surface area contributed by atoms with Crippen molar-refractivity contribution in [2.45, 2.75) is 44.4 Å². The molecule has 1 fully saturated rings. The molecule has 0 N–H and O–H groups in total. The summed E-state index contributed by atoms with van der Waals surface area (Å²) in [6.07, 6.45) is 3.08. The van der Waals surface area contributed by atoms with Crippen LogP contribution in [-0.2, 0) is 5.41 Å². The minimum atomic E-state index is -0.251. The SMILES string of the molecule is CCC(C)c1ccc(C(=O)C2(c3ccccc3)CC2)cc1. The van der Waals surface area contributed by atoms with E-state index in [1.165, 1.54) is 11.1 Å². The highest BCUT2D eigenvalue weighted by Crippen LogP contribution is 2.50. The molecule has 1 nitrogen and oxygen atoms in total. The van der Waals surface area contributed by atoms with Crippen LogP contribution in [0.1, 0.15) is 60.5 Å². The summed E-state index contributed by atoms with van der Waals surface area (Å²) in [6, 6.07) is 18.5. The smallest absolute Gasteiger partial charge is 0.173 e. The van der Waals surface area contributed by atoms with Crippen molar-refractivity contribution in [1.29, 1.82) is 0 Å². The molecular weight excluding hydrogens is 256 g/mol. The largest absolute Gasteiger partial charge is 0.293 e. The molecule has 0 aliphatic heterocycles. The highest BCUT2D eigenvalue weighted by molar-refractivity contribution is 6.06. The monoisotopic (exact) mass is 278 g/mol. The molecule has 1 saturated carbocycles. The topological polar surface area (TPSA) is 17.1 Å². The summed E-state index contributed by atoms with van der Waals surface area (Å²) in [7, 11) is 0. The molecule has 2 aromatic rings. The molecule has 108 valence electrons. The molecule has 1 atom stereocenters. The third kappa shape index (κ3) is 2.53. The molecule has 21 heavy (non-hydrogen) atoms. The van der Waals surface area contributed by atoms with Crippen molar-refractivity contribution in [2.24, 2.45) is 0 Å². The molecule has 0 bridgehead atoms. The van der Waals surface area contributed by atoms with Crippen LogP contribution in [0.15, 0.2) is 54.6 Å². The second-order valence-electron chi connectivity index (χ2n) is 6.21. The molecule has 1 unspecified atom stereocenters. The number of hydrogen-bond donors (Lipinski definition) is 0. The first-order valence-electron chi connectivity index (χ1n) is 7.87. The van der Waals surface area contributed by atoms with Crippen LogP contribution in [0, 0.1) is 0 Å². The van der Waals surface area contributed by atoms with Crippen molar-refractivity contribution in [3.05, 3.63) is 71.3 Å². The zero-order valence-corrected chi connectivity index (χ0v) is 12.8. The highest BCUT2D eigenvalue weighted by atomic mass is 16.1. The molecule has 0 aromatic heterocycles. The van der Waals surface area contributed by atoms with Crippen molar-refractivity contribution in [3.8, 4) is 0 Å². The van der Waals surface area contributed by atoms with Gasteiger partial charge in [-0.25, -0.2) is 0 Å². The van der Waals surface area contributed by atoms with Gasteiger partial charge in [0, 0.05) is 5.56 Å². The summed E-state index contributed by atoms with van der Waals surface area (Å²) in [5.41, 5.74) is 3.09. The van der Waals surface area contributed by atoms with Crippen molar-refractivity contribution < 1.29 is 4.79 Å². The summed E-state index contributed by atoms with van der Waals surface area (Å²) in [5.74, 6) is 0.836. The van der Waals surface area contributed by atoms with Gasteiger partial charge in [0.15, 0.2) is 5.78 Å².